The van der Waals surface area contributed by atoms with E-state index in [2.05, 4.69) is 20.9 Å². The zero-order valence-corrected chi connectivity index (χ0v) is 22.5. The molecule has 0 saturated heterocycles. The summed E-state index contributed by atoms with van der Waals surface area (Å²) < 4.78 is 48.8. The second kappa shape index (κ2) is 10.7. The second-order valence-corrected chi connectivity index (χ2v) is 10.4. The molecule has 3 aromatic rings. The van der Waals surface area contributed by atoms with Gasteiger partial charge in [-0.05, 0) is 97.9 Å². The standard InChI is InChI=1S/C33H27F3N4O/c1-21-10-12-38-29(16-21)30-18-22(11-13-39-30)24(20-37)6-2-3-8-25-19-28(33(34,35)36)27-17-23-7-4-14-40-15-5-9-26(31(23)40)32(27)41-25/h2-3,6,8,10-13,16-19H,4-5,7,9,14-15H2,1H3/b3-2+,24-6+,25-8-. The third-order valence-electron chi connectivity index (χ3n) is 7.58. The van der Waals surface area contributed by atoms with Crippen molar-refractivity contribution in [1.82, 2.24) is 9.97 Å². The van der Waals surface area contributed by atoms with Gasteiger partial charge in [0, 0.05) is 42.3 Å². The fraction of sp³-hybridized carbons (Fsp3) is 0.242. The molecule has 0 atom stereocenters. The Hall–Kier alpha value is -4.64. The van der Waals surface area contributed by atoms with Crippen LogP contribution in [0.4, 0.5) is 18.9 Å². The number of aromatic nitrogens is 2. The van der Waals surface area contributed by atoms with E-state index in [0.29, 0.717) is 34.7 Å². The zero-order valence-electron chi connectivity index (χ0n) is 22.5. The molecule has 0 radical (unpaired) electrons. The predicted octanol–water partition coefficient (Wildman–Crippen LogP) is 7.54. The number of rotatable bonds is 4. The van der Waals surface area contributed by atoms with Gasteiger partial charge in [0.1, 0.15) is 11.5 Å². The van der Waals surface area contributed by atoms with Crippen LogP contribution in [0.25, 0.3) is 22.5 Å². The first-order chi connectivity index (χ1) is 19.8. The Morgan fingerprint density at radius 2 is 1.78 bits per heavy atom. The Kier molecular flexibility index (Phi) is 6.96. The molecule has 0 spiro atoms. The van der Waals surface area contributed by atoms with Gasteiger partial charge in [-0.25, -0.2) is 0 Å². The zero-order chi connectivity index (χ0) is 28.6. The van der Waals surface area contributed by atoms with Crippen LogP contribution < -0.4 is 9.64 Å². The van der Waals surface area contributed by atoms with Gasteiger partial charge in [-0.2, -0.15) is 18.4 Å². The molecule has 0 bridgehead atoms. The fourth-order valence-electron chi connectivity index (χ4n) is 5.75. The number of pyridine rings is 2. The number of nitrogens with zero attached hydrogens (tertiary/aromatic N) is 4. The summed E-state index contributed by atoms with van der Waals surface area (Å²) in [6, 6.07) is 11.2. The molecule has 3 aliphatic heterocycles. The average Bonchev–Trinajstić information content (AvgIpc) is 2.97. The number of hydrogen-bond donors (Lipinski definition) is 0. The molecule has 0 fully saturated rings. The monoisotopic (exact) mass is 552 g/mol. The number of hydrogen-bond acceptors (Lipinski definition) is 5. The fourth-order valence-corrected chi connectivity index (χ4v) is 5.75. The van der Waals surface area contributed by atoms with Crippen LogP contribution in [0.15, 0.2) is 78.9 Å². The molecule has 0 unspecified atom stereocenters. The van der Waals surface area contributed by atoms with Gasteiger partial charge >= 0.3 is 6.18 Å². The maximum absolute atomic E-state index is 14.2. The Balaban J connectivity index is 1.31. The van der Waals surface area contributed by atoms with Crippen molar-refractivity contribution < 1.29 is 17.9 Å². The van der Waals surface area contributed by atoms with Gasteiger partial charge < -0.3 is 9.64 Å². The third kappa shape index (κ3) is 5.28. The number of ether oxygens (including phenoxy) is 1. The smallest absolute Gasteiger partial charge is 0.417 e. The molecule has 206 valence electrons. The summed E-state index contributed by atoms with van der Waals surface area (Å²) in [6.45, 7) is 3.80. The normalized spacial score (nSPS) is 17.5. The summed E-state index contributed by atoms with van der Waals surface area (Å²) in [6.07, 6.45) is 9.48. The second-order valence-electron chi connectivity index (χ2n) is 10.4. The average molecular weight is 553 g/mol. The van der Waals surface area contributed by atoms with Gasteiger partial charge in [-0.15, -0.1) is 0 Å². The van der Waals surface area contributed by atoms with Crippen LogP contribution in [-0.2, 0) is 12.8 Å². The van der Waals surface area contributed by atoms with E-state index in [0.717, 1.165) is 60.8 Å². The van der Waals surface area contributed by atoms with Gasteiger partial charge in [-0.3, -0.25) is 9.97 Å². The van der Waals surface area contributed by atoms with Gasteiger partial charge in [0.05, 0.1) is 28.6 Å². The highest BCUT2D eigenvalue weighted by Gasteiger charge is 2.41. The van der Waals surface area contributed by atoms with Crippen molar-refractivity contribution >= 4 is 16.8 Å². The Morgan fingerprint density at radius 1 is 1.02 bits per heavy atom. The van der Waals surface area contributed by atoms with E-state index in [1.54, 1.807) is 48.8 Å². The van der Waals surface area contributed by atoms with Crippen LogP contribution in [0.1, 0.15) is 40.7 Å². The summed E-state index contributed by atoms with van der Waals surface area (Å²) in [5.41, 5.74) is 5.77. The molecule has 5 heterocycles. The molecule has 5 nitrogen and oxygen atoms in total. The van der Waals surface area contributed by atoms with Crippen LogP contribution in [-0.4, -0.2) is 29.2 Å². The molecular formula is C33H27F3N4O. The summed E-state index contributed by atoms with van der Waals surface area (Å²) in [4.78, 5) is 11.0. The molecule has 2 aromatic heterocycles. The maximum atomic E-state index is 14.2. The highest BCUT2D eigenvalue weighted by molar-refractivity contribution is 5.84. The van der Waals surface area contributed by atoms with Crippen LogP contribution >= 0.6 is 0 Å². The van der Waals surface area contributed by atoms with Crippen LogP contribution in [0.2, 0.25) is 0 Å². The van der Waals surface area contributed by atoms with Crippen LogP contribution in [0.5, 0.6) is 5.75 Å². The molecular weight excluding hydrogens is 525 g/mol. The largest absolute Gasteiger partial charge is 0.456 e. The molecule has 0 aliphatic carbocycles. The van der Waals surface area contributed by atoms with Crippen molar-refractivity contribution in [3.63, 3.8) is 0 Å². The number of allylic oxidation sites excluding steroid dienone is 7. The minimum Gasteiger partial charge on any atom is -0.456 e. The summed E-state index contributed by atoms with van der Waals surface area (Å²) in [5.74, 6) is 0.418. The Morgan fingerprint density at radius 3 is 2.54 bits per heavy atom. The van der Waals surface area contributed by atoms with E-state index in [4.69, 9.17) is 4.74 Å². The van der Waals surface area contributed by atoms with E-state index in [-0.39, 0.29) is 11.3 Å². The number of fused-ring (bicyclic) bond motifs is 2. The quantitative estimate of drug-likeness (QED) is 0.247. The number of anilines is 1. The molecule has 1 aromatic carbocycles. The van der Waals surface area contributed by atoms with Crippen molar-refractivity contribution in [2.45, 2.75) is 38.8 Å². The summed E-state index contributed by atoms with van der Waals surface area (Å²) in [7, 11) is 0. The van der Waals surface area contributed by atoms with Crippen molar-refractivity contribution in [2.24, 2.45) is 0 Å². The number of benzene rings is 1. The highest BCUT2D eigenvalue weighted by Crippen LogP contribution is 2.50. The minimum absolute atomic E-state index is 0.105. The molecule has 41 heavy (non-hydrogen) atoms. The number of nitriles is 1. The topological polar surface area (TPSA) is 62.0 Å². The number of aryl methyl sites for hydroxylation is 2. The van der Waals surface area contributed by atoms with Gasteiger partial charge in [-0.1, -0.05) is 12.2 Å². The molecule has 0 amide bonds. The van der Waals surface area contributed by atoms with Crippen LogP contribution in [0, 0.1) is 18.3 Å². The van der Waals surface area contributed by atoms with Crippen molar-refractivity contribution in [2.75, 3.05) is 18.0 Å². The maximum Gasteiger partial charge on any atom is 0.417 e. The van der Waals surface area contributed by atoms with E-state index < -0.39 is 11.7 Å². The SMILES string of the molecule is Cc1ccnc(-c2cc(/C(C#N)=C/C=C/C=C3/C=C(C(F)(F)F)c4cc5c6c(c4O3)CCCN6CCC5)ccn2)c1. The Bertz CT molecular complexity index is 1690. The summed E-state index contributed by atoms with van der Waals surface area (Å²) >= 11 is 0. The molecule has 3 aliphatic rings. The van der Waals surface area contributed by atoms with E-state index in [1.165, 1.54) is 6.08 Å². The molecule has 8 heteroatoms. The first-order valence-electron chi connectivity index (χ1n) is 13.6. The predicted molar refractivity (Wildman–Crippen MR) is 153 cm³/mol. The Labute approximate surface area is 236 Å². The van der Waals surface area contributed by atoms with Crippen molar-refractivity contribution in [3.05, 3.63) is 107 Å². The molecule has 0 N–H and O–H groups in total. The minimum atomic E-state index is -4.52. The lowest BCUT2D eigenvalue weighted by molar-refractivity contribution is -0.0694. The van der Waals surface area contributed by atoms with E-state index in [1.807, 2.05) is 19.1 Å². The number of alkyl halides is 3. The first kappa shape index (κ1) is 26.6. The summed E-state index contributed by atoms with van der Waals surface area (Å²) in [5, 5.41) is 9.78. The lowest BCUT2D eigenvalue weighted by Gasteiger charge is -2.39. The van der Waals surface area contributed by atoms with E-state index in [9.17, 15) is 18.4 Å². The van der Waals surface area contributed by atoms with Crippen molar-refractivity contribution in [1.29, 1.82) is 5.26 Å². The highest BCUT2D eigenvalue weighted by atomic mass is 19.4. The first-order valence-corrected chi connectivity index (χ1v) is 13.6. The lowest BCUT2D eigenvalue weighted by Crippen LogP contribution is -2.35. The molecule has 6 rings (SSSR count). The van der Waals surface area contributed by atoms with Crippen molar-refractivity contribution in [3.8, 4) is 23.2 Å². The van der Waals surface area contributed by atoms with Gasteiger partial charge in [0.2, 0.25) is 0 Å². The lowest BCUT2D eigenvalue weighted by atomic mass is 9.86. The third-order valence-corrected chi connectivity index (χ3v) is 7.58. The van der Waals surface area contributed by atoms with Gasteiger partial charge in [0.25, 0.3) is 0 Å². The van der Waals surface area contributed by atoms with Gasteiger partial charge in [0.15, 0.2) is 0 Å². The molecule has 0 saturated carbocycles. The number of halogens is 3. The van der Waals surface area contributed by atoms with E-state index >= 15 is 0 Å². The van der Waals surface area contributed by atoms with Crippen LogP contribution in [0.3, 0.4) is 0 Å².